The lowest BCUT2D eigenvalue weighted by atomic mass is 10.0. The third kappa shape index (κ3) is 6.41. The first-order chi connectivity index (χ1) is 11.6. The minimum Gasteiger partial charge on any atom is -0.370 e. The van der Waals surface area contributed by atoms with Crippen LogP contribution in [0.4, 0.5) is 5.82 Å². The van der Waals surface area contributed by atoms with Crippen molar-refractivity contribution in [2.24, 2.45) is 5.92 Å². The molecule has 0 aliphatic carbocycles. The molecule has 4 heteroatoms. The number of carbonyl (C=O) groups excluding carboxylic acids is 1. The van der Waals surface area contributed by atoms with Crippen LogP contribution in [0, 0.1) is 5.92 Å². The molecule has 2 rings (SSSR count). The highest BCUT2D eigenvalue weighted by atomic mass is 16.1. The number of anilines is 1. The first-order valence-electron chi connectivity index (χ1n) is 8.67. The summed E-state index contributed by atoms with van der Waals surface area (Å²) in [6.45, 7) is 5.94. The van der Waals surface area contributed by atoms with E-state index in [1.54, 1.807) is 6.20 Å². The number of hydrogen-bond donors (Lipinski definition) is 2. The van der Waals surface area contributed by atoms with E-state index in [1.165, 1.54) is 5.56 Å². The van der Waals surface area contributed by atoms with E-state index in [0.29, 0.717) is 12.5 Å². The number of nitrogens with one attached hydrogen (secondary N) is 2. The molecule has 24 heavy (non-hydrogen) atoms. The molecule has 1 amide bonds. The van der Waals surface area contributed by atoms with Crippen molar-refractivity contribution in [2.75, 3.05) is 18.4 Å². The number of hydrogen-bond acceptors (Lipinski definition) is 3. The van der Waals surface area contributed by atoms with Gasteiger partial charge < -0.3 is 10.6 Å². The lowest BCUT2D eigenvalue weighted by Gasteiger charge is -2.08. The predicted octanol–water partition coefficient (Wildman–Crippen LogP) is 3.90. The second-order valence-corrected chi connectivity index (χ2v) is 6.40. The van der Waals surface area contributed by atoms with Crippen LogP contribution < -0.4 is 10.6 Å². The molecule has 1 heterocycles. The van der Waals surface area contributed by atoms with Crippen LogP contribution in [-0.2, 0) is 6.42 Å². The Morgan fingerprint density at radius 2 is 1.79 bits per heavy atom. The first-order valence-corrected chi connectivity index (χ1v) is 8.67. The number of benzene rings is 1. The number of carbonyl (C=O) groups is 1. The van der Waals surface area contributed by atoms with Gasteiger partial charge in [0.2, 0.25) is 0 Å². The van der Waals surface area contributed by atoms with Gasteiger partial charge in [0.15, 0.2) is 0 Å². The van der Waals surface area contributed by atoms with Crippen LogP contribution in [0.2, 0.25) is 0 Å². The second kappa shape index (κ2) is 9.71. The molecule has 4 nitrogen and oxygen atoms in total. The fourth-order valence-electron chi connectivity index (χ4n) is 2.50. The summed E-state index contributed by atoms with van der Waals surface area (Å²) in [5, 5.41) is 6.24. The largest absolute Gasteiger partial charge is 0.370 e. The van der Waals surface area contributed by atoms with Gasteiger partial charge in [-0.05, 0) is 55.0 Å². The topological polar surface area (TPSA) is 54.0 Å². The SMILES string of the molecule is CC(C)Cc1ccc(C(=O)NCCCCNc2ccccn2)cc1. The Morgan fingerprint density at radius 1 is 1.04 bits per heavy atom. The summed E-state index contributed by atoms with van der Waals surface area (Å²) in [6.07, 6.45) is 4.75. The van der Waals surface area contributed by atoms with Crippen LogP contribution in [0.25, 0.3) is 0 Å². The molecule has 128 valence electrons. The number of amides is 1. The number of aromatic nitrogens is 1. The van der Waals surface area contributed by atoms with Gasteiger partial charge in [-0.25, -0.2) is 4.98 Å². The third-order valence-corrected chi connectivity index (χ3v) is 3.72. The van der Waals surface area contributed by atoms with Gasteiger partial charge in [0.25, 0.3) is 5.91 Å². The number of nitrogens with zero attached hydrogens (tertiary/aromatic N) is 1. The molecule has 0 aliphatic heterocycles. The lowest BCUT2D eigenvalue weighted by Crippen LogP contribution is -2.24. The average Bonchev–Trinajstić information content (AvgIpc) is 2.59. The zero-order chi connectivity index (χ0) is 17.2. The summed E-state index contributed by atoms with van der Waals surface area (Å²) in [7, 11) is 0. The molecule has 1 aromatic heterocycles. The Morgan fingerprint density at radius 3 is 2.46 bits per heavy atom. The van der Waals surface area contributed by atoms with E-state index in [2.05, 4.69) is 29.5 Å². The van der Waals surface area contributed by atoms with Gasteiger partial charge >= 0.3 is 0 Å². The maximum Gasteiger partial charge on any atom is 0.251 e. The van der Waals surface area contributed by atoms with Crippen LogP contribution in [0.1, 0.15) is 42.6 Å². The van der Waals surface area contributed by atoms with Gasteiger partial charge in [0.05, 0.1) is 0 Å². The minimum absolute atomic E-state index is 0.00350. The van der Waals surface area contributed by atoms with Crippen molar-refractivity contribution in [2.45, 2.75) is 33.1 Å². The summed E-state index contributed by atoms with van der Waals surface area (Å²) in [5.41, 5.74) is 2.01. The third-order valence-electron chi connectivity index (χ3n) is 3.72. The van der Waals surface area contributed by atoms with Crippen molar-refractivity contribution >= 4 is 11.7 Å². The Hall–Kier alpha value is -2.36. The van der Waals surface area contributed by atoms with Crippen molar-refractivity contribution < 1.29 is 4.79 Å². The highest BCUT2D eigenvalue weighted by molar-refractivity contribution is 5.94. The molecule has 0 radical (unpaired) electrons. The number of rotatable bonds is 9. The fraction of sp³-hybridized carbons (Fsp3) is 0.400. The zero-order valence-electron chi connectivity index (χ0n) is 14.6. The fourth-order valence-corrected chi connectivity index (χ4v) is 2.50. The molecule has 0 aliphatic rings. The van der Waals surface area contributed by atoms with E-state index in [1.807, 2.05) is 42.5 Å². The van der Waals surface area contributed by atoms with Crippen LogP contribution in [0.15, 0.2) is 48.7 Å². The molecule has 0 bridgehead atoms. The summed E-state index contributed by atoms with van der Waals surface area (Å²) in [5.74, 6) is 1.52. The molecule has 0 unspecified atom stereocenters. The van der Waals surface area contributed by atoms with Gasteiger partial charge in [-0.1, -0.05) is 32.0 Å². The van der Waals surface area contributed by atoms with Gasteiger partial charge in [-0.15, -0.1) is 0 Å². The zero-order valence-corrected chi connectivity index (χ0v) is 14.6. The molecule has 0 fully saturated rings. The van der Waals surface area contributed by atoms with E-state index < -0.39 is 0 Å². The molecule has 2 N–H and O–H groups in total. The summed E-state index contributed by atoms with van der Waals surface area (Å²) >= 11 is 0. The van der Waals surface area contributed by atoms with Gasteiger partial charge in [-0.3, -0.25) is 4.79 Å². The summed E-state index contributed by atoms with van der Waals surface area (Å²) in [6, 6.07) is 13.7. The van der Waals surface area contributed by atoms with Gasteiger partial charge in [-0.2, -0.15) is 0 Å². The number of unbranched alkanes of at least 4 members (excludes halogenated alkanes) is 1. The maximum atomic E-state index is 12.1. The van der Waals surface area contributed by atoms with E-state index in [4.69, 9.17) is 0 Å². The molecular weight excluding hydrogens is 298 g/mol. The smallest absolute Gasteiger partial charge is 0.251 e. The predicted molar refractivity (Wildman–Crippen MR) is 99.3 cm³/mol. The lowest BCUT2D eigenvalue weighted by molar-refractivity contribution is 0.0953. The normalized spacial score (nSPS) is 10.6. The van der Waals surface area contributed by atoms with Crippen molar-refractivity contribution in [1.29, 1.82) is 0 Å². The van der Waals surface area contributed by atoms with Gasteiger partial charge in [0, 0.05) is 24.8 Å². The second-order valence-electron chi connectivity index (χ2n) is 6.40. The molecule has 2 aromatic rings. The average molecular weight is 325 g/mol. The van der Waals surface area contributed by atoms with Crippen molar-refractivity contribution in [3.63, 3.8) is 0 Å². The van der Waals surface area contributed by atoms with Crippen molar-refractivity contribution in [3.8, 4) is 0 Å². The Labute approximate surface area is 144 Å². The van der Waals surface area contributed by atoms with Gasteiger partial charge in [0.1, 0.15) is 5.82 Å². The summed E-state index contributed by atoms with van der Waals surface area (Å²) < 4.78 is 0. The number of pyridine rings is 1. The molecule has 0 atom stereocenters. The quantitative estimate of drug-likeness (QED) is 0.688. The highest BCUT2D eigenvalue weighted by Gasteiger charge is 2.05. The summed E-state index contributed by atoms with van der Waals surface area (Å²) in [4.78, 5) is 16.3. The first kappa shape index (κ1) is 18.0. The molecule has 1 aromatic carbocycles. The Kier molecular flexibility index (Phi) is 7.27. The minimum atomic E-state index is 0.00350. The monoisotopic (exact) mass is 325 g/mol. The molecule has 0 saturated carbocycles. The molecule has 0 saturated heterocycles. The standard InChI is InChI=1S/C20H27N3O/c1-16(2)15-17-8-10-18(11-9-17)20(24)23-14-6-5-13-22-19-7-3-4-12-21-19/h3-4,7-12,16H,5-6,13-15H2,1-2H3,(H,21,22)(H,23,24). The highest BCUT2D eigenvalue weighted by Crippen LogP contribution is 2.09. The van der Waals surface area contributed by atoms with Crippen LogP contribution >= 0.6 is 0 Å². The molecule has 0 spiro atoms. The Bertz CT molecular complexity index is 609. The van der Waals surface area contributed by atoms with E-state index in [9.17, 15) is 4.79 Å². The Balaban J connectivity index is 1.62. The van der Waals surface area contributed by atoms with Crippen molar-refractivity contribution in [1.82, 2.24) is 10.3 Å². The van der Waals surface area contributed by atoms with Crippen LogP contribution in [0.5, 0.6) is 0 Å². The van der Waals surface area contributed by atoms with E-state index in [-0.39, 0.29) is 5.91 Å². The van der Waals surface area contributed by atoms with Crippen molar-refractivity contribution in [3.05, 3.63) is 59.8 Å². The maximum absolute atomic E-state index is 12.1. The molecular formula is C20H27N3O. The van der Waals surface area contributed by atoms with E-state index >= 15 is 0 Å². The van der Waals surface area contributed by atoms with Crippen LogP contribution in [0.3, 0.4) is 0 Å². The van der Waals surface area contributed by atoms with E-state index in [0.717, 1.165) is 37.2 Å². The van der Waals surface area contributed by atoms with Crippen LogP contribution in [-0.4, -0.2) is 24.0 Å².